The molecule has 0 aliphatic carbocycles. The molecule has 2 rings (SSSR count). The van der Waals surface area contributed by atoms with Crippen molar-refractivity contribution in [1.29, 1.82) is 0 Å². The van der Waals surface area contributed by atoms with E-state index in [1.54, 1.807) is 0 Å². The minimum absolute atomic E-state index is 0.642. The molecule has 1 aromatic rings. The predicted molar refractivity (Wildman–Crippen MR) is 65.3 cm³/mol. The van der Waals surface area contributed by atoms with E-state index in [4.69, 9.17) is 0 Å². The van der Waals surface area contributed by atoms with Crippen molar-refractivity contribution in [3.8, 4) is 0 Å². The van der Waals surface area contributed by atoms with E-state index in [-0.39, 0.29) is 0 Å². The average Bonchev–Trinajstić information content (AvgIpc) is 2.71. The van der Waals surface area contributed by atoms with Crippen LogP contribution in [0.1, 0.15) is 43.7 Å². The van der Waals surface area contributed by atoms with Gasteiger partial charge in [0.05, 0.1) is 0 Å². The number of rotatable bonds is 3. The fraction of sp³-hybridized carbons (Fsp3) is 0.571. The van der Waals surface area contributed by atoms with Crippen molar-refractivity contribution >= 4 is 0 Å². The molecule has 82 valence electrons. The maximum Gasteiger partial charge on any atom is 0.0108 e. The summed E-state index contributed by atoms with van der Waals surface area (Å²) in [6.45, 7) is 5.69. The summed E-state index contributed by atoms with van der Waals surface area (Å²) >= 11 is 0. The first kappa shape index (κ1) is 10.7. The molecule has 0 amide bonds. The smallest absolute Gasteiger partial charge is 0.0108 e. The highest BCUT2D eigenvalue weighted by Crippen LogP contribution is 2.17. The number of benzene rings is 1. The molecule has 1 unspecified atom stereocenters. The molecule has 0 bridgehead atoms. The quantitative estimate of drug-likeness (QED) is 0.796. The van der Waals surface area contributed by atoms with Gasteiger partial charge in [-0.2, -0.15) is 0 Å². The molecular weight excluding hydrogens is 182 g/mol. The van der Waals surface area contributed by atoms with E-state index in [0.717, 1.165) is 6.04 Å². The fourth-order valence-corrected chi connectivity index (χ4v) is 2.25. The van der Waals surface area contributed by atoms with Crippen LogP contribution in [0, 0.1) is 0 Å². The fourth-order valence-electron chi connectivity index (χ4n) is 2.25. The van der Waals surface area contributed by atoms with Crippen molar-refractivity contribution in [2.24, 2.45) is 0 Å². The maximum absolute atomic E-state index is 3.54. The zero-order valence-electron chi connectivity index (χ0n) is 9.79. The number of nitrogens with one attached hydrogen (secondary N) is 1. The van der Waals surface area contributed by atoms with Crippen LogP contribution in [-0.4, -0.2) is 12.6 Å². The first-order valence-electron chi connectivity index (χ1n) is 6.08. The molecule has 15 heavy (non-hydrogen) atoms. The number of hydrogen-bond acceptors (Lipinski definition) is 1. The average molecular weight is 203 g/mol. The normalized spacial score (nSPS) is 21.1. The second kappa shape index (κ2) is 4.80. The van der Waals surface area contributed by atoms with Gasteiger partial charge in [0.15, 0.2) is 0 Å². The van der Waals surface area contributed by atoms with Gasteiger partial charge in [0, 0.05) is 6.04 Å². The summed E-state index contributed by atoms with van der Waals surface area (Å²) in [7, 11) is 0. The highest BCUT2D eigenvalue weighted by atomic mass is 14.9. The summed E-state index contributed by atoms with van der Waals surface area (Å²) in [5.74, 6) is 0.642. The minimum atomic E-state index is 0.642. The number of hydrogen-bond donors (Lipinski definition) is 1. The molecular formula is C14H21N. The van der Waals surface area contributed by atoms with Gasteiger partial charge in [0.2, 0.25) is 0 Å². The van der Waals surface area contributed by atoms with Crippen molar-refractivity contribution in [2.45, 2.75) is 45.1 Å². The van der Waals surface area contributed by atoms with Gasteiger partial charge in [0.25, 0.3) is 0 Å². The Bertz CT molecular complexity index is 294. The maximum atomic E-state index is 3.54. The van der Waals surface area contributed by atoms with Gasteiger partial charge in [-0.1, -0.05) is 38.1 Å². The van der Waals surface area contributed by atoms with Gasteiger partial charge >= 0.3 is 0 Å². The van der Waals surface area contributed by atoms with Gasteiger partial charge in [-0.15, -0.1) is 0 Å². The van der Waals surface area contributed by atoms with Crippen LogP contribution in [-0.2, 0) is 6.42 Å². The van der Waals surface area contributed by atoms with Crippen molar-refractivity contribution in [2.75, 3.05) is 6.54 Å². The first-order valence-corrected chi connectivity index (χ1v) is 6.08. The molecule has 1 aliphatic rings. The van der Waals surface area contributed by atoms with Crippen LogP contribution >= 0.6 is 0 Å². The van der Waals surface area contributed by atoms with Crippen LogP contribution in [0.15, 0.2) is 24.3 Å². The van der Waals surface area contributed by atoms with E-state index >= 15 is 0 Å². The second-order valence-electron chi connectivity index (χ2n) is 4.89. The molecule has 1 aromatic carbocycles. The summed E-state index contributed by atoms with van der Waals surface area (Å²) in [5.41, 5.74) is 2.91. The Morgan fingerprint density at radius 1 is 1.27 bits per heavy atom. The SMILES string of the molecule is CC(C)c1ccc(CC2CCCN2)cc1. The molecule has 0 saturated carbocycles. The highest BCUT2D eigenvalue weighted by molar-refractivity contribution is 5.25. The third-order valence-electron chi connectivity index (χ3n) is 3.29. The van der Waals surface area contributed by atoms with Gasteiger partial charge in [0.1, 0.15) is 0 Å². The lowest BCUT2D eigenvalue weighted by atomic mass is 9.99. The molecule has 1 nitrogen and oxygen atoms in total. The van der Waals surface area contributed by atoms with E-state index in [9.17, 15) is 0 Å². The van der Waals surface area contributed by atoms with Crippen molar-refractivity contribution in [1.82, 2.24) is 5.32 Å². The highest BCUT2D eigenvalue weighted by Gasteiger charge is 2.14. The molecule has 0 spiro atoms. The summed E-state index contributed by atoms with van der Waals surface area (Å²) in [5, 5.41) is 3.54. The molecule has 0 radical (unpaired) electrons. The monoisotopic (exact) mass is 203 g/mol. The summed E-state index contributed by atoms with van der Waals surface area (Å²) in [6.07, 6.45) is 3.87. The minimum Gasteiger partial charge on any atom is -0.314 e. The molecule has 0 aromatic heterocycles. The Labute approximate surface area is 92.9 Å². The molecule has 1 N–H and O–H groups in total. The van der Waals surface area contributed by atoms with E-state index < -0.39 is 0 Å². The van der Waals surface area contributed by atoms with E-state index in [1.165, 1.54) is 36.9 Å². The van der Waals surface area contributed by atoms with Crippen LogP contribution in [0.4, 0.5) is 0 Å². The third-order valence-corrected chi connectivity index (χ3v) is 3.29. The predicted octanol–water partition coefficient (Wildman–Crippen LogP) is 3.10. The van der Waals surface area contributed by atoms with Crippen LogP contribution in [0.5, 0.6) is 0 Å². The Kier molecular flexibility index (Phi) is 3.42. The van der Waals surface area contributed by atoms with E-state index in [1.807, 2.05) is 0 Å². The Hall–Kier alpha value is -0.820. The zero-order valence-corrected chi connectivity index (χ0v) is 9.79. The first-order chi connectivity index (χ1) is 7.25. The largest absolute Gasteiger partial charge is 0.314 e. The van der Waals surface area contributed by atoms with Crippen molar-refractivity contribution in [3.05, 3.63) is 35.4 Å². The molecule has 1 aliphatic heterocycles. The van der Waals surface area contributed by atoms with Gasteiger partial charge in [-0.3, -0.25) is 0 Å². The Balaban J connectivity index is 1.97. The summed E-state index contributed by atoms with van der Waals surface area (Å²) < 4.78 is 0. The van der Waals surface area contributed by atoms with Crippen LogP contribution in [0.25, 0.3) is 0 Å². The zero-order chi connectivity index (χ0) is 10.7. The van der Waals surface area contributed by atoms with E-state index in [2.05, 4.69) is 43.4 Å². The Morgan fingerprint density at radius 3 is 2.53 bits per heavy atom. The molecule has 1 atom stereocenters. The molecule has 1 heterocycles. The van der Waals surface area contributed by atoms with Crippen LogP contribution in [0.3, 0.4) is 0 Å². The third kappa shape index (κ3) is 2.82. The topological polar surface area (TPSA) is 12.0 Å². The van der Waals surface area contributed by atoms with Crippen molar-refractivity contribution in [3.63, 3.8) is 0 Å². The lowest BCUT2D eigenvalue weighted by molar-refractivity contribution is 0.603. The second-order valence-corrected chi connectivity index (χ2v) is 4.89. The molecule has 1 heteroatoms. The van der Waals surface area contributed by atoms with Gasteiger partial charge in [-0.25, -0.2) is 0 Å². The van der Waals surface area contributed by atoms with Gasteiger partial charge in [-0.05, 0) is 42.9 Å². The lowest BCUT2D eigenvalue weighted by Gasteiger charge is -2.11. The lowest BCUT2D eigenvalue weighted by Crippen LogP contribution is -2.23. The van der Waals surface area contributed by atoms with Crippen LogP contribution < -0.4 is 5.32 Å². The summed E-state index contributed by atoms with van der Waals surface area (Å²) in [4.78, 5) is 0. The van der Waals surface area contributed by atoms with E-state index in [0.29, 0.717) is 5.92 Å². The molecule has 1 saturated heterocycles. The standard InChI is InChI=1S/C14H21N/c1-11(2)13-7-5-12(6-8-13)10-14-4-3-9-15-14/h5-8,11,14-15H,3-4,9-10H2,1-2H3. The van der Waals surface area contributed by atoms with Crippen molar-refractivity contribution < 1.29 is 0 Å². The molecule has 1 fully saturated rings. The Morgan fingerprint density at radius 2 is 2.00 bits per heavy atom. The van der Waals surface area contributed by atoms with Crippen LogP contribution in [0.2, 0.25) is 0 Å². The summed E-state index contributed by atoms with van der Waals surface area (Å²) in [6, 6.07) is 9.84. The van der Waals surface area contributed by atoms with Gasteiger partial charge < -0.3 is 5.32 Å².